The first-order chi connectivity index (χ1) is 14.3. The second kappa shape index (κ2) is 8.27. The molecule has 0 aliphatic rings. The first-order valence-corrected chi connectivity index (χ1v) is 11.4. The fourth-order valence-electron chi connectivity index (χ4n) is 2.77. The van der Waals surface area contributed by atoms with Crippen LogP contribution in [0.5, 0.6) is 0 Å². The zero-order valence-electron chi connectivity index (χ0n) is 15.1. The van der Waals surface area contributed by atoms with Crippen LogP contribution in [0.15, 0.2) is 69.6 Å². The van der Waals surface area contributed by atoms with Gasteiger partial charge >= 0.3 is 0 Å². The van der Waals surface area contributed by atoms with Crippen LogP contribution in [0.1, 0.15) is 4.88 Å². The summed E-state index contributed by atoms with van der Waals surface area (Å²) in [6, 6.07) is 16.3. The molecular weight excluding hydrogens is 422 g/mol. The summed E-state index contributed by atoms with van der Waals surface area (Å²) in [5, 5.41) is 20.0. The molecule has 0 fully saturated rings. The first kappa shape index (κ1) is 18.2. The van der Waals surface area contributed by atoms with Gasteiger partial charge in [0.05, 0.1) is 5.69 Å². The Balaban J connectivity index is 1.35. The van der Waals surface area contributed by atoms with Gasteiger partial charge in [0.1, 0.15) is 11.4 Å². The minimum atomic E-state index is 0.563. The number of fused-ring (bicyclic) bond motifs is 1. The van der Waals surface area contributed by atoms with Crippen LogP contribution in [0.25, 0.3) is 17.0 Å². The lowest BCUT2D eigenvalue weighted by Gasteiger charge is -2.05. The van der Waals surface area contributed by atoms with Crippen LogP contribution in [0.4, 0.5) is 5.13 Å². The van der Waals surface area contributed by atoms with E-state index in [0.717, 1.165) is 38.7 Å². The Morgan fingerprint density at radius 3 is 2.86 bits per heavy atom. The Morgan fingerprint density at radius 2 is 2.00 bits per heavy atom. The van der Waals surface area contributed by atoms with E-state index in [9.17, 15) is 0 Å². The topological polar surface area (TPSA) is 80.9 Å². The predicted molar refractivity (Wildman–Crippen MR) is 117 cm³/mol. The highest BCUT2D eigenvalue weighted by Gasteiger charge is 2.13. The van der Waals surface area contributed by atoms with Gasteiger partial charge in [0.2, 0.25) is 5.13 Å². The van der Waals surface area contributed by atoms with Gasteiger partial charge in [-0.3, -0.25) is 0 Å². The van der Waals surface area contributed by atoms with Crippen LogP contribution >= 0.6 is 34.4 Å². The highest BCUT2D eigenvalue weighted by atomic mass is 32.2. The van der Waals surface area contributed by atoms with Crippen LogP contribution < -0.4 is 5.32 Å². The van der Waals surface area contributed by atoms with Crippen molar-refractivity contribution in [3.63, 3.8) is 0 Å². The van der Waals surface area contributed by atoms with Crippen molar-refractivity contribution in [2.75, 3.05) is 11.9 Å². The quantitative estimate of drug-likeness (QED) is 0.375. The molecular formula is C19H15N7S3. The van der Waals surface area contributed by atoms with E-state index in [1.807, 2.05) is 36.4 Å². The Labute approximate surface area is 178 Å². The summed E-state index contributed by atoms with van der Waals surface area (Å²) in [5.74, 6) is 0.563. The molecule has 5 aromatic rings. The minimum absolute atomic E-state index is 0.563. The average Bonchev–Trinajstić information content (AvgIpc) is 3.51. The van der Waals surface area contributed by atoms with E-state index >= 15 is 0 Å². The molecule has 1 N–H and O–H groups in total. The molecule has 0 atom stereocenters. The van der Waals surface area contributed by atoms with E-state index in [-0.39, 0.29) is 0 Å². The molecule has 4 aromatic heterocycles. The van der Waals surface area contributed by atoms with Crippen molar-refractivity contribution in [1.29, 1.82) is 0 Å². The lowest BCUT2D eigenvalue weighted by Crippen LogP contribution is -2.03. The number of benzene rings is 1. The number of nitrogens with zero attached hydrogens (tertiary/aromatic N) is 6. The number of aromatic nitrogens is 6. The Bertz CT molecular complexity index is 1220. The van der Waals surface area contributed by atoms with Gasteiger partial charge in [0, 0.05) is 17.0 Å². The number of hydrogen-bond acceptors (Lipinski definition) is 9. The third-order valence-electron chi connectivity index (χ3n) is 4.11. The number of anilines is 1. The summed E-state index contributed by atoms with van der Waals surface area (Å²) in [5.41, 5.74) is 1.89. The normalized spacial score (nSPS) is 11.2. The monoisotopic (exact) mass is 437 g/mol. The molecule has 0 bridgehead atoms. The van der Waals surface area contributed by atoms with Crippen molar-refractivity contribution in [3.8, 4) is 11.3 Å². The van der Waals surface area contributed by atoms with Crippen molar-refractivity contribution >= 4 is 45.3 Å². The maximum Gasteiger partial charge on any atom is 0.253 e. The Hall–Kier alpha value is -2.82. The largest absolute Gasteiger partial charge is 0.360 e. The maximum absolute atomic E-state index is 4.61. The van der Waals surface area contributed by atoms with Gasteiger partial charge in [-0.1, -0.05) is 47.7 Å². The highest BCUT2D eigenvalue weighted by molar-refractivity contribution is 8.01. The Kier molecular flexibility index (Phi) is 5.20. The second-order valence-electron chi connectivity index (χ2n) is 6.05. The maximum atomic E-state index is 4.61. The van der Waals surface area contributed by atoms with Crippen LogP contribution in [0.3, 0.4) is 0 Å². The first-order valence-electron chi connectivity index (χ1n) is 8.89. The van der Waals surface area contributed by atoms with Crippen LogP contribution in [0.2, 0.25) is 0 Å². The predicted octanol–water partition coefficient (Wildman–Crippen LogP) is 4.51. The van der Waals surface area contributed by atoms with Crippen molar-refractivity contribution in [2.45, 2.75) is 15.8 Å². The molecule has 5 rings (SSSR count). The van der Waals surface area contributed by atoms with Gasteiger partial charge in [0.15, 0.2) is 4.34 Å². The van der Waals surface area contributed by atoms with Crippen molar-refractivity contribution in [2.24, 2.45) is 0 Å². The van der Waals surface area contributed by atoms with Crippen LogP contribution in [-0.2, 0) is 6.42 Å². The minimum Gasteiger partial charge on any atom is -0.360 e. The molecule has 0 aliphatic carbocycles. The fraction of sp³-hybridized carbons (Fsp3) is 0.105. The average molecular weight is 438 g/mol. The third kappa shape index (κ3) is 4.14. The number of nitrogens with one attached hydrogen (secondary N) is 1. The highest BCUT2D eigenvalue weighted by Crippen LogP contribution is 2.33. The smallest absolute Gasteiger partial charge is 0.253 e. The SMILES string of the molecule is c1ccc(-c2cc(Sc3nnc(NCCc4cccs4)s3)n3ncnc3n2)cc1. The summed E-state index contributed by atoms with van der Waals surface area (Å²) in [6.07, 6.45) is 2.49. The molecule has 144 valence electrons. The summed E-state index contributed by atoms with van der Waals surface area (Å²) in [4.78, 5) is 10.2. The molecule has 0 unspecified atom stereocenters. The third-order valence-corrected chi connectivity index (χ3v) is 6.98. The number of thiophene rings is 1. The van der Waals surface area contributed by atoms with E-state index in [2.05, 4.69) is 48.1 Å². The van der Waals surface area contributed by atoms with Gasteiger partial charge in [0.25, 0.3) is 5.78 Å². The van der Waals surface area contributed by atoms with Crippen molar-refractivity contribution in [1.82, 2.24) is 29.8 Å². The number of hydrogen-bond donors (Lipinski definition) is 1. The van der Waals surface area contributed by atoms with Gasteiger partial charge in [-0.15, -0.1) is 21.5 Å². The van der Waals surface area contributed by atoms with E-state index in [4.69, 9.17) is 0 Å². The lowest BCUT2D eigenvalue weighted by atomic mass is 10.1. The molecule has 29 heavy (non-hydrogen) atoms. The molecule has 0 aliphatic heterocycles. The van der Waals surface area contributed by atoms with E-state index in [0.29, 0.717) is 5.78 Å². The molecule has 0 saturated heterocycles. The van der Waals surface area contributed by atoms with Gasteiger partial charge < -0.3 is 5.32 Å². The molecule has 4 heterocycles. The standard InChI is InChI=1S/C19H15N7S3/c1-2-5-13(6-3-1)15-11-16(26-17(23-15)21-12-22-26)28-19-25-24-18(29-19)20-9-8-14-7-4-10-27-14/h1-7,10-12H,8-9H2,(H,20,24). The molecule has 1 aromatic carbocycles. The summed E-state index contributed by atoms with van der Waals surface area (Å²) in [6.45, 7) is 0.834. The molecule has 0 radical (unpaired) electrons. The summed E-state index contributed by atoms with van der Waals surface area (Å²) >= 11 is 4.81. The number of rotatable bonds is 7. The van der Waals surface area contributed by atoms with Crippen molar-refractivity contribution < 1.29 is 0 Å². The van der Waals surface area contributed by atoms with Crippen LogP contribution in [0, 0.1) is 0 Å². The summed E-state index contributed by atoms with van der Waals surface area (Å²) < 4.78 is 2.56. The molecule has 0 amide bonds. The molecule has 0 spiro atoms. The van der Waals surface area contributed by atoms with E-state index in [1.54, 1.807) is 15.9 Å². The van der Waals surface area contributed by atoms with Crippen molar-refractivity contribution in [3.05, 3.63) is 65.1 Å². The Morgan fingerprint density at radius 1 is 1.07 bits per heavy atom. The second-order valence-corrected chi connectivity index (χ2v) is 9.33. The van der Waals surface area contributed by atoms with Gasteiger partial charge in [-0.2, -0.15) is 14.6 Å². The van der Waals surface area contributed by atoms with E-state index < -0.39 is 0 Å². The van der Waals surface area contributed by atoms with Gasteiger partial charge in [-0.25, -0.2) is 4.98 Å². The molecule has 7 nitrogen and oxygen atoms in total. The zero-order valence-corrected chi connectivity index (χ0v) is 17.5. The van der Waals surface area contributed by atoms with Gasteiger partial charge in [-0.05, 0) is 35.7 Å². The molecule has 0 saturated carbocycles. The summed E-state index contributed by atoms with van der Waals surface area (Å²) in [7, 11) is 0. The zero-order chi connectivity index (χ0) is 19.5. The van der Waals surface area contributed by atoms with Crippen LogP contribution in [-0.4, -0.2) is 36.3 Å². The lowest BCUT2D eigenvalue weighted by molar-refractivity contribution is 0.843. The molecule has 10 heteroatoms. The fourth-order valence-corrected chi connectivity index (χ4v) is 5.29. The van der Waals surface area contributed by atoms with E-state index in [1.165, 1.54) is 34.3 Å².